The van der Waals surface area contributed by atoms with Gasteiger partial charge in [0.25, 0.3) is 0 Å². The molecule has 0 unspecified atom stereocenters. The number of carbonyl (C=O) groups excluding carboxylic acids is 3. The number of aliphatic hydroxyl groups excluding tert-OH is 4. The molecule has 0 aromatic heterocycles. The highest BCUT2D eigenvalue weighted by atomic mass is 16.4. The molecule has 0 aliphatic carbocycles. The van der Waals surface area contributed by atoms with Gasteiger partial charge in [0, 0.05) is 13.3 Å². The molecule has 0 aliphatic rings. The molecular weight excluding hydrogens is 354 g/mol. The molecule has 0 saturated carbocycles. The summed E-state index contributed by atoms with van der Waals surface area (Å²) in [7, 11) is 0. The molecule has 27 heavy (non-hydrogen) atoms. The molecule has 0 heterocycles. The number of aliphatic hydroxyl groups is 4. The highest BCUT2D eigenvalue weighted by Gasteiger charge is 2.36. The molecule has 4 atom stereocenters. The average Bonchev–Trinajstić information content (AvgIpc) is 2.63. The van der Waals surface area contributed by atoms with E-state index in [-0.39, 0.29) is 12.2 Å². The zero-order valence-electron chi connectivity index (χ0n) is 16.4. The minimum atomic E-state index is -1.84. The van der Waals surface area contributed by atoms with Crippen molar-refractivity contribution in [2.75, 3.05) is 6.61 Å². The van der Waals surface area contributed by atoms with Crippen LogP contribution in [0.15, 0.2) is 0 Å². The molecule has 158 valence electrons. The minimum absolute atomic E-state index is 0.240. The number of hydrogen-bond donors (Lipinski definition) is 5. The van der Waals surface area contributed by atoms with Crippen molar-refractivity contribution >= 4 is 17.5 Å². The number of nitrogens with one attached hydrogen (secondary N) is 1. The predicted molar refractivity (Wildman–Crippen MR) is 100.0 cm³/mol. The van der Waals surface area contributed by atoms with Crippen LogP contribution in [0.1, 0.15) is 71.6 Å². The molecule has 0 aromatic carbocycles. The minimum Gasteiger partial charge on any atom is -0.394 e. The van der Waals surface area contributed by atoms with Gasteiger partial charge in [-0.2, -0.15) is 0 Å². The SMILES string of the molecule is CCCCCCCCCC(=O)CC(=O)[C@H](NC(C)=O)[C@@H](O)[C@H](O)[C@H](O)CO. The molecular formula is C19H35NO7. The Morgan fingerprint density at radius 3 is 1.96 bits per heavy atom. The van der Waals surface area contributed by atoms with Crippen molar-refractivity contribution in [1.29, 1.82) is 0 Å². The summed E-state index contributed by atoms with van der Waals surface area (Å²) in [6.45, 7) is 2.45. The van der Waals surface area contributed by atoms with Gasteiger partial charge in [-0.3, -0.25) is 14.4 Å². The topological polar surface area (TPSA) is 144 Å². The van der Waals surface area contributed by atoms with Gasteiger partial charge in [0.15, 0.2) is 5.78 Å². The number of Topliss-reactive ketones (excluding diaryl/α,β-unsaturated/α-hetero) is 2. The Morgan fingerprint density at radius 1 is 0.889 bits per heavy atom. The molecule has 8 nitrogen and oxygen atoms in total. The molecule has 0 rings (SSSR count). The van der Waals surface area contributed by atoms with Crippen LogP contribution < -0.4 is 5.32 Å². The van der Waals surface area contributed by atoms with Crippen LogP contribution in [0.5, 0.6) is 0 Å². The molecule has 0 aliphatic heterocycles. The van der Waals surface area contributed by atoms with Gasteiger partial charge in [-0.15, -0.1) is 0 Å². The second-order valence-corrected chi connectivity index (χ2v) is 6.96. The molecule has 0 fully saturated rings. The zero-order chi connectivity index (χ0) is 20.8. The molecule has 8 heteroatoms. The lowest BCUT2D eigenvalue weighted by molar-refractivity contribution is -0.138. The van der Waals surface area contributed by atoms with Gasteiger partial charge in [-0.25, -0.2) is 0 Å². The Hall–Kier alpha value is -1.35. The fourth-order valence-electron chi connectivity index (χ4n) is 2.78. The third-order valence-corrected chi connectivity index (χ3v) is 4.41. The van der Waals surface area contributed by atoms with Gasteiger partial charge < -0.3 is 25.7 Å². The number of ketones is 2. The number of carbonyl (C=O) groups is 3. The van der Waals surface area contributed by atoms with Crippen molar-refractivity contribution in [2.45, 2.75) is 96.0 Å². The summed E-state index contributed by atoms with van der Waals surface area (Å²) in [6, 6.07) is -1.53. The number of hydrogen-bond acceptors (Lipinski definition) is 7. The molecule has 1 amide bonds. The first-order chi connectivity index (χ1) is 12.7. The monoisotopic (exact) mass is 389 g/mol. The Balaban J connectivity index is 4.50. The average molecular weight is 389 g/mol. The van der Waals surface area contributed by atoms with Crippen molar-refractivity contribution in [1.82, 2.24) is 5.32 Å². The predicted octanol–water partition coefficient (Wildman–Crippen LogP) is 0.235. The van der Waals surface area contributed by atoms with E-state index in [2.05, 4.69) is 12.2 Å². The van der Waals surface area contributed by atoms with E-state index >= 15 is 0 Å². The molecule has 5 N–H and O–H groups in total. The van der Waals surface area contributed by atoms with E-state index in [0.717, 1.165) is 26.2 Å². The molecule has 0 spiro atoms. The Morgan fingerprint density at radius 2 is 1.44 bits per heavy atom. The van der Waals surface area contributed by atoms with Gasteiger partial charge in [-0.05, 0) is 6.42 Å². The normalized spacial score (nSPS) is 15.6. The fraction of sp³-hybridized carbons (Fsp3) is 0.842. The third-order valence-electron chi connectivity index (χ3n) is 4.41. The fourth-order valence-corrected chi connectivity index (χ4v) is 2.78. The van der Waals surface area contributed by atoms with Crippen molar-refractivity contribution in [3.63, 3.8) is 0 Å². The summed E-state index contributed by atoms with van der Waals surface area (Å²) in [4.78, 5) is 35.6. The van der Waals surface area contributed by atoms with E-state index in [1.54, 1.807) is 0 Å². The highest BCUT2D eigenvalue weighted by Crippen LogP contribution is 2.12. The lowest BCUT2D eigenvalue weighted by Gasteiger charge is -2.28. The van der Waals surface area contributed by atoms with Crippen LogP contribution in [0.3, 0.4) is 0 Å². The van der Waals surface area contributed by atoms with Crippen LogP contribution in [0.2, 0.25) is 0 Å². The van der Waals surface area contributed by atoms with Crippen molar-refractivity contribution in [2.24, 2.45) is 0 Å². The van der Waals surface area contributed by atoms with Crippen LogP contribution in [-0.2, 0) is 14.4 Å². The number of amides is 1. The summed E-state index contributed by atoms with van der Waals surface area (Å²) in [6.07, 6.45) is 1.73. The lowest BCUT2D eigenvalue weighted by atomic mass is 9.94. The van der Waals surface area contributed by atoms with Crippen LogP contribution in [0.25, 0.3) is 0 Å². The van der Waals surface area contributed by atoms with E-state index in [1.807, 2.05) is 0 Å². The van der Waals surface area contributed by atoms with Crippen LogP contribution in [-0.4, -0.2) is 68.9 Å². The Kier molecular flexibility index (Phi) is 13.9. The molecule has 0 aromatic rings. The highest BCUT2D eigenvalue weighted by molar-refractivity contribution is 6.02. The summed E-state index contributed by atoms with van der Waals surface area (Å²) in [5.74, 6) is -1.67. The maximum absolute atomic E-state index is 12.3. The van der Waals surface area contributed by atoms with Crippen LogP contribution in [0, 0.1) is 0 Å². The smallest absolute Gasteiger partial charge is 0.217 e. The molecule has 0 bridgehead atoms. The van der Waals surface area contributed by atoms with Crippen molar-refractivity contribution in [3.05, 3.63) is 0 Å². The standard InChI is InChI=1S/C19H35NO7/c1-3-4-5-6-7-8-9-10-14(23)11-15(24)17(20-13(2)22)19(27)18(26)16(25)12-21/h16-19,21,25-27H,3-12H2,1-2H3,(H,20,22)/t16-,17+,18-,19-/m1/s1. The molecule has 0 radical (unpaired) electrons. The summed E-state index contributed by atoms with van der Waals surface area (Å²) in [5, 5.41) is 40.3. The van der Waals surface area contributed by atoms with Crippen LogP contribution in [0.4, 0.5) is 0 Å². The zero-order valence-corrected chi connectivity index (χ0v) is 16.4. The van der Waals surface area contributed by atoms with Crippen molar-refractivity contribution < 1.29 is 34.8 Å². The second kappa shape index (κ2) is 14.7. The van der Waals surface area contributed by atoms with Gasteiger partial charge in [-0.1, -0.05) is 45.4 Å². The molecule has 0 saturated heterocycles. The largest absolute Gasteiger partial charge is 0.394 e. The third kappa shape index (κ3) is 11.2. The Bertz CT molecular complexity index is 455. The van der Waals surface area contributed by atoms with Gasteiger partial charge in [0.1, 0.15) is 30.1 Å². The van der Waals surface area contributed by atoms with E-state index in [4.69, 9.17) is 5.11 Å². The van der Waals surface area contributed by atoms with Crippen LogP contribution >= 0.6 is 0 Å². The van der Waals surface area contributed by atoms with E-state index in [0.29, 0.717) is 6.42 Å². The lowest BCUT2D eigenvalue weighted by Crippen LogP contribution is -2.56. The van der Waals surface area contributed by atoms with E-state index in [1.165, 1.54) is 19.3 Å². The number of unbranched alkanes of at least 4 members (excludes halogenated alkanes) is 6. The van der Waals surface area contributed by atoms with E-state index in [9.17, 15) is 29.7 Å². The van der Waals surface area contributed by atoms with Gasteiger partial charge in [0.05, 0.1) is 13.0 Å². The number of rotatable bonds is 16. The maximum atomic E-state index is 12.3. The van der Waals surface area contributed by atoms with Crippen molar-refractivity contribution in [3.8, 4) is 0 Å². The second-order valence-electron chi connectivity index (χ2n) is 6.96. The first-order valence-corrected chi connectivity index (χ1v) is 9.71. The first kappa shape index (κ1) is 25.6. The van der Waals surface area contributed by atoms with E-state index < -0.39 is 49.1 Å². The first-order valence-electron chi connectivity index (χ1n) is 9.71. The Labute approximate surface area is 161 Å². The summed E-state index contributed by atoms with van der Waals surface area (Å²) >= 11 is 0. The summed E-state index contributed by atoms with van der Waals surface area (Å²) in [5.41, 5.74) is 0. The maximum Gasteiger partial charge on any atom is 0.217 e. The summed E-state index contributed by atoms with van der Waals surface area (Å²) < 4.78 is 0. The quantitative estimate of drug-likeness (QED) is 0.188. The van der Waals surface area contributed by atoms with Gasteiger partial charge >= 0.3 is 0 Å². The van der Waals surface area contributed by atoms with Gasteiger partial charge in [0.2, 0.25) is 5.91 Å².